The minimum Gasteiger partial charge on any atom is -0.360 e. The summed E-state index contributed by atoms with van der Waals surface area (Å²) >= 11 is 0. The van der Waals surface area contributed by atoms with Gasteiger partial charge in [-0.3, -0.25) is 9.59 Å². The van der Waals surface area contributed by atoms with Crippen molar-refractivity contribution in [2.45, 2.75) is 39.0 Å². The number of fused-ring (bicyclic) bond motifs is 1. The number of carbonyl (C=O) groups excluding carboxylic acids is 2. The third-order valence-corrected chi connectivity index (χ3v) is 3.77. The summed E-state index contributed by atoms with van der Waals surface area (Å²) < 4.78 is 5.32. The van der Waals surface area contributed by atoms with E-state index in [1.807, 2.05) is 0 Å². The number of hydrogen-bond donors (Lipinski definition) is 2. The Morgan fingerprint density at radius 3 is 2.83 bits per heavy atom. The zero-order valence-electron chi connectivity index (χ0n) is 12.9. The van der Waals surface area contributed by atoms with E-state index in [-0.39, 0.29) is 17.6 Å². The van der Waals surface area contributed by atoms with Gasteiger partial charge in [0, 0.05) is 25.1 Å². The minimum atomic E-state index is -0.373. The molecular weight excluding hydrogens is 296 g/mol. The first-order valence-electron chi connectivity index (χ1n) is 7.66. The molecular formula is C16H18N4O3. The molecule has 0 atom stereocenters. The number of nitrogens with zero attached hydrogens (tertiary/aromatic N) is 2. The van der Waals surface area contributed by atoms with Gasteiger partial charge in [-0.15, -0.1) is 0 Å². The van der Waals surface area contributed by atoms with Crippen LogP contribution < -0.4 is 10.6 Å². The van der Waals surface area contributed by atoms with Gasteiger partial charge >= 0.3 is 0 Å². The summed E-state index contributed by atoms with van der Waals surface area (Å²) in [6.45, 7) is 1.40. The number of hydrogen-bond acceptors (Lipinski definition) is 5. The topological polar surface area (TPSA) is 97.1 Å². The lowest BCUT2D eigenvalue weighted by molar-refractivity contribution is -0.114. The van der Waals surface area contributed by atoms with E-state index in [4.69, 9.17) is 4.52 Å². The predicted molar refractivity (Wildman–Crippen MR) is 84.3 cm³/mol. The Morgan fingerprint density at radius 1 is 1.17 bits per heavy atom. The summed E-state index contributed by atoms with van der Waals surface area (Å²) in [5.41, 5.74) is 1.64. The highest BCUT2D eigenvalue weighted by molar-refractivity contribution is 6.06. The van der Waals surface area contributed by atoms with Gasteiger partial charge in [0.2, 0.25) is 5.91 Å². The largest absolute Gasteiger partial charge is 0.360 e. The maximum absolute atomic E-state index is 12.5. The average Bonchev–Trinajstić information content (AvgIpc) is 2.78. The number of nitrogens with one attached hydrogen (secondary N) is 2. The molecule has 7 nitrogen and oxygen atoms in total. The maximum atomic E-state index is 12.5. The number of aromatic nitrogens is 2. The second kappa shape index (κ2) is 6.60. The van der Waals surface area contributed by atoms with Crippen LogP contribution in [0, 0.1) is 0 Å². The fourth-order valence-electron chi connectivity index (χ4n) is 2.70. The summed E-state index contributed by atoms with van der Waals surface area (Å²) in [6.07, 6.45) is 6.35. The summed E-state index contributed by atoms with van der Waals surface area (Å²) in [6, 6.07) is 3.36. The van der Waals surface area contributed by atoms with Crippen LogP contribution in [0.1, 0.15) is 48.0 Å². The van der Waals surface area contributed by atoms with Crippen molar-refractivity contribution in [1.29, 1.82) is 0 Å². The summed E-state index contributed by atoms with van der Waals surface area (Å²) in [4.78, 5) is 27.8. The van der Waals surface area contributed by atoms with Crippen molar-refractivity contribution >= 4 is 23.3 Å². The lowest BCUT2D eigenvalue weighted by Gasteiger charge is -2.09. The molecule has 0 saturated carbocycles. The van der Waals surface area contributed by atoms with Crippen LogP contribution in [0.25, 0.3) is 0 Å². The smallest absolute Gasteiger partial charge is 0.279 e. The Labute approximate surface area is 133 Å². The molecule has 2 heterocycles. The van der Waals surface area contributed by atoms with Gasteiger partial charge in [0.15, 0.2) is 11.5 Å². The van der Waals surface area contributed by atoms with Crippen LogP contribution in [0.15, 0.2) is 22.9 Å². The number of rotatable bonds is 3. The van der Waals surface area contributed by atoms with E-state index < -0.39 is 0 Å². The first-order chi connectivity index (χ1) is 11.1. The quantitative estimate of drug-likeness (QED) is 0.849. The van der Waals surface area contributed by atoms with Crippen LogP contribution in [0.3, 0.4) is 0 Å². The molecule has 2 aromatic heterocycles. The second-order valence-electron chi connectivity index (χ2n) is 5.53. The van der Waals surface area contributed by atoms with Gasteiger partial charge in [0.1, 0.15) is 5.76 Å². The van der Waals surface area contributed by atoms with Gasteiger partial charge in [0.25, 0.3) is 5.91 Å². The first-order valence-corrected chi connectivity index (χ1v) is 7.66. The van der Waals surface area contributed by atoms with Crippen molar-refractivity contribution in [2.24, 2.45) is 0 Å². The lowest BCUT2D eigenvalue weighted by atomic mass is 10.1. The summed E-state index contributed by atoms with van der Waals surface area (Å²) in [7, 11) is 0. The highest BCUT2D eigenvalue weighted by atomic mass is 16.5. The van der Waals surface area contributed by atoms with Crippen LogP contribution in [-0.2, 0) is 17.6 Å². The standard InChI is InChI=1S/C16H18N4O3/c1-10(21)18-12-7-5-9-17-15(12)19-16(22)14-11-6-3-2-4-8-13(11)23-20-14/h5,7,9H,2-4,6,8H2,1H3,(H,18,21)(H,17,19,22). The second-order valence-corrected chi connectivity index (χ2v) is 5.53. The minimum absolute atomic E-state index is 0.233. The SMILES string of the molecule is CC(=O)Nc1cccnc1NC(=O)c1noc2c1CCCCC2. The van der Waals surface area contributed by atoms with E-state index in [1.165, 1.54) is 6.92 Å². The van der Waals surface area contributed by atoms with E-state index in [0.717, 1.165) is 43.4 Å². The highest BCUT2D eigenvalue weighted by Crippen LogP contribution is 2.25. The highest BCUT2D eigenvalue weighted by Gasteiger charge is 2.23. The lowest BCUT2D eigenvalue weighted by Crippen LogP contribution is -2.17. The third kappa shape index (κ3) is 3.39. The monoisotopic (exact) mass is 314 g/mol. The molecule has 0 unspecified atom stereocenters. The number of carbonyl (C=O) groups is 2. The van der Waals surface area contributed by atoms with Gasteiger partial charge < -0.3 is 15.2 Å². The van der Waals surface area contributed by atoms with Crippen molar-refractivity contribution in [1.82, 2.24) is 10.1 Å². The molecule has 0 radical (unpaired) electrons. The van der Waals surface area contributed by atoms with E-state index in [0.29, 0.717) is 11.4 Å². The van der Waals surface area contributed by atoms with Crippen molar-refractivity contribution in [3.63, 3.8) is 0 Å². The number of aryl methyl sites for hydroxylation is 1. The summed E-state index contributed by atoms with van der Waals surface area (Å²) in [5.74, 6) is 0.486. The molecule has 2 amide bonds. The van der Waals surface area contributed by atoms with Gasteiger partial charge in [-0.05, 0) is 31.4 Å². The predicted octanol–water partition coefficient (Wildman–Crippen LogP) is 2.55. The Kier molecular flexibility index (Phi) is 4.36. The zero-order valence-corrected chi connectivity index (χ0v) is 12.9. The zero-order chi connectivity index (χ0) is 16.2. The molecule has 3 rings (SSSR count). The van der Waals surface area contributed by atoms with Gasteiger partial charge in [-0.1, -0.05) is 11.6 Å². The molecule has 7 heteroatoms. The van der Waals surface area contributed by atoms with Crippen LogP contribution >= 0.6 is 0 Å². The molecule has 2 N–H and O–H groups in total. The van der Waals surface area contributed by atoms with E-state index in [2.05, 4.69) is 20.8 Å². The molecule has 0 aromatic carbocycles. The number of anilines is 2. The van der Waals surface area contributed by atoms with E-state index in [1.54, 1.807) is 18.3 Å². The molecule has 0 spiro atoms. The molecule has 0 aliphatic heterocycles. The van der Waals surface area contributed by atoms with Crippen molar-refractivity contribution < 1.29 is 14.1 Å². The summed E-state index contributed by atoms with van der Waals surface area (Å²) in [5, 5.41) is 9.26. The number of amides is 2. The van der Waals surface area contributed by atoms with Crippen LogP contribution in [0.4, 0.5) is 11.5 Å². The Balaban J connectivity index is 1.83. The van der Waals surface area contributed by atoms with E-state index >= 15 is 0 Å². The molecule has 1 aliphatic carbocycles. The maximum Gasteiger partial charge on any atom is 0.279 e. The van der Waals surface area contributed by atoms with Gasteiger partial charge in [-0.2, -0.15) is 0 Å². The van der Waals surface area contributed by atoms with Crippen LogP contribution in [-0.4, -0.2) is 22.0 Å². The Bertz CT molecular complexity index is 739. The molecule has 0 fully saturated rings. The van der Waals surface area contributed by atoms with Crippen LogP contribution in [0.2, 0.25) is 0 Å². The van der Waals surface area contributed by atoms with Crippen molar-refractivity contribution in [3.8, 4) is 0 Å². The molecule has 1 aliphatic rings. The Morgan fingerprint density at radius 2 is 2.00 bits per heavy atom. The van der Waals surface area contributed by atoms with Crippen LogP contribution in [0.5, 0.6) is 0 Å². The molecule has 23 heavy (non-hydrogen) atoms. The Hall–Kier alpha value is -2.70. The number of pyridine rings is 1. The molecule has 0 saturated heterocycles. The third-order valence-electron chi connectivity index (χ3n) is 3.77. The average molecular weight is 314 g/mol. The molecule has 120 valence electrons. The van der Waals surface area contributed by atoms with Crippen molar-refractivity contribution in [3.05, 3.63) is 35.3 Å². The van der Waals surface area contributed by atoms with Gasteiger partial charge in [-0.25, -0.2) is 4.98 Å². The molecule has 2 aromatic rings. The van der Waals surface area contributed by atoms with Crippen molar-refractivity contribution in [2.75, 3.05) is 10.6 Å². The molecule has 0 bridgehead atoms. The van der Waals surface area contributed by atoms with Gasteiger partial charge in [0.05, 0.1) is 5.69 Å². The fourth-order valence-corrected chi connectivity index (χ4v) is 2.70. The fraction of sp³-hybridized carbons (Fsp3) is 0.375. The normalized spacial score (nSPS) is 13.8. The van der Waals surface area contributed by atoms with E-state index in [9.17, 15) is 9.59 Å². The first kappa shape index (κ1) is 15.2.